The molecule has 0 spiro atoms. The maximum absolute atomic E-state index is 13.6. The first kappa shape index (κ1) is 24.2. The van der Waals surface area contributed by atoms with Gasteiger partial charge in [-0.2, -0.15) is 18.3 Å². The third kappa shape index (κ3) is 6.69. The number of hydrogen-bond donors (Lipinski definition) is 2. The highest BCUT2D eigenvalue weighted by molar-refractivity contribution is 5.71. The molecular formula is C19H21F3N2O7. The molecule has 1 aromatic heterocycles. The van der Waals surface area contributed by atoms with Crippen molar-refractivity contribution in [3.63, 3.8) is 0 Å². The van der Waals surface area contributed by atoms with E-state index in [1.54, 1.807) is 24.3 Å². The van der Waals surface area contributed by atoms with Crippen LogP contribution in [-0.4, -0.2) is 58.5 Å². The number of nitrogens with zero attached hydrogens (tertiary/aromatic N) is 2. The average Bonchev–Trinajstić information content (AvgIpc) is 2.69. The van der Waals surface area contributed by atoms with Crippen molar-refractivity contribution in [2.75, 3.05) is 20.3 Å². The van der Waals surface area contributed by atoms with Crippen molar-refractivity contribution in [3.05, 3.63) is 51.9 Å². The number of carboxylic acid groups (broad SMARTS) is 1. The smallest absolute Gasteiger partial charge is 0.425 e. The van der Waals surface area contributed by atoms with Crippen LogP contribution in [0.25, 0.3) is 0 Å². The summed E-state index contributed by atoms with van der Waals surface area (Å²) in [5, 5.41) is 21.4. The summed E-state index contributed by atoms with van der Waals surface area (Å²) in [6.45, 7) is 0.265. The first-order chi connectivity index (χ1) is 14.5. The van der Waals surface area contributed by atoms with Gasteiger partial charge in [0.05, 0.1) is 33.1 Å². The molecule has 0 saturated heterocycles. The van der Waals surface area contributed by atoms with Crippen molar-refractivity contribution < 1.29 is 42.4 Å². The third-order valence-electron chi connectivity index (χ3n) is 4.03. The van der Waals surface area contributed by atoms with E-state index in [9.17, 15) is 22.8 Å². The number of methoxy groups -OCH3 is 1. The molecule has 31 heavy (non-hydrogen) atoms. The number of carbonyl (C=O) groups is 1. The predicted molar refractivity (Wildman–Crippen MR) is 100 cm³/mol. The van der Waals surface area contributed by atoms with Gasteiger partial charge >= 0.3 is 12.1 Å². The first-order valence-corrected chi connectivity index (χ1v) is 8.98. The Labute approximate surface area is 174 Å². The van der Waals surface area contributed by atoms with Gasteiger partial charge in [-0.25, -0.2) is 9.48 Å². The summed E-state index contributed by atoms with van der Waals surface area (Å²) in [5.41, 5.74) is -2.36. The molecule has 0 amide bonds. The lowest BCUT2D eigenvalue weighted by Gasteiger charge is -2.19. The number of carboxylic acids is 1. The molecule has 2 aromatic rings. The predicted octanol–water partition coefficient (Wildman–Crippen LogP) is 1.55. The zero-order valence-corrected chi connectivity index (χ0v) is 16.6. The maximum atomic E-state index is 13.6. The zero-order chi connectivity index (χ0) is 23.2. The average molecular weight is 446 g/mol. The lowest BCUT2D eigenvalue weighted by molar-refractivity contribution is -0.150. The molecule has 0 aliphatic carbocycles. The van der Waals surface area contributed by atoms with Gasteiger partial charge in [0.15, 0.2) is 17.4 Å². The minimum Gasteiger partial charge on any atom is -0.497 e. The van der Waals surface area contributed by atoms with Crippen LogP contribution in [0.3, 0.4) is 0 Å². The normalized spacial score (nSPS) is 13.5. The van der Waals surface area contributed by atoms with E-state index in [0.29, 0.717) is 16.0 Å². The van der Waals surface area contributed by atoms with Crippen molar-refractivity contribution in [1.29, 1.82) is 0 Å². The largest absolute Gasteiger partial charge is 0.497 e. The molecule has 9 nitrogen and oxygen atoms in total. The number of ether oxygens (including phenoxy) is 3. The Bertz CT molecular complexity index is 945. The lowest BCUT2D eigenvalue weighted by atomic mass is 10.2. The van der Waals surface area contributed by atoms with Gasteiger partial charge in [0.1, 0.15) is 11.9 Å². The quantitative estimate of drug-likeness (QED) is 0.564. The second kappa shape index (κ2) is 10.3. The van der Waals surface area contributed by atoms with Crippen molar-refractivity contribution in [1.82, 2.24) is 9.78 Å². The molecule has 0 aliphatic rings. The Kier molecular flexibility index (Phi) is 8.00. The van der Waals surface area contributed by atoms with Crippen LogP contribution < -0.4 is 15.0 Å². The van der Waals surface area contributed by atoms with E-state index in [2.05, 4.69) is 5.10 Å². The molecule has 2 rings (SSSR count). The molecule has 0 bridgehead atoms. The number of rotatable bonds is 10. The van der Waals surface area contributed by atoms with E-state index in [4.69, 9.17) is 24.4 Å². The molecule has 12 heteroatoms. The molecule has 1 heterocycles. The fourth-order valence-electron chi connectivity index (χ4n) is 2.51. The highest BCUT2D eigenvalue weighted by Gasteiger charge is 2.39. The molecule has 170 valence electrons. The lowest BCUT2D eigenvalue weighted by Crippen LogP contribution is -2.33. The van der Waals surface area contributed by atoms with Crippen LogP contribution in [0.5, 0.6) is 11.5 Å². The summed E-state index contributed by atoms with van der Waals surface area (Å²) in [4.78, 5) is 23.0. The van der Waals surface area contributed by atoms with Gasteiger partial charge in [0.25, 0.3) is 5.56 Å². The van der Waals surface area contributed by atoms with Gasteiger partial charge in [-0.1, -0.05) is 12.1 Å². The third-order valence-corrected chi connectivity index (χ3v) is 4.03. The van der Waals surface area contributed by atoms with Crippen LogP contribution in [-0.2, 0) is 22.3 Å². The molecule has 2 N–H and O–H groups in total. The van der Waals surface area contributed by atoms with E-state index < -0.39 is 47.8 Å². The summed E-state index contributed by atoms with van der Waals surface area (Å²) < 4.78 is 56.4. The highest BCUT2D eigenvalue weighted by Crippen LogP contribution is 2.33. The number of aromatic nitrogens is 2. The van der Waals surface area contributed by atoms with Crippen LogP contribution in [0.4, 0.5) is 13.2 Å². The first-order valence-electron chi connectivity index (χ1n) is 8.98. The number of halogens is 3. The minimum atomic E-state index is -5.00. The number of alkyl halides is 3. The minimum absolute atomic E-state index is 0.196. The van der Waals surface area contributed by atoms with Crippen molar-refractivity contribution in [2.45, 2.75) is 31.9 Å². The summed E-state index contributed by atoms with van der Waals surface area (Å²) >= 11 is 0. The molecule has 1 aromatic carbocycles. The summed E-state index contributed by atoms with van der Waals surface area (Å²) in [7, 11) is 1.47. The van der Waals surface area contributed by atoms with Gasteiger partial charge < -0.3 is 24.4 Å². The molecular weight excluding hydrogens is 425 g/mol. The Balaban J connectivity index is 2.19. The maximum Gasteiger partial charge on any atom is 0.425 e. The fraction of sp³-hybridized carbons (Fsp3) is 0.421. The summed E-state index contributed by atoms with van der Waals surface area (Å²) in [6, 6.07) is 6.39. The van der Waals surface area contributed by atoms with Crippen molar-refractivity contribution in [2.24, 2.45) is 0 Å². The summed E-state index contributed by atoms with van der Waals surface area (Å²) in [6.07, 6.45) is -6.98. The second-order valence-corrected chi connectivity index (χ2v) is 6.51. The van der Waals surface area contributed by atoms with Gasteiger partial charge in [-0.05, 0) is 24.6 Å². The SMILES string of the molecule is COc1ccc(Cn2ncc(O[C@@H](C)COCC(O)C(=O)O)c(C(F)(F)F)c2=O)cc1. The van der Waals surface area contributed by atoms with Gasteiger partial charge in [0.2, 0.25) is 0 Å². The van der Waals surface area contributed by atoms with E-state index >= 15 is 0 Å². The van der Waals surface area contributed by atoms with Crippen LogP contribution in [0.2, 0.25) is 0 Å². The van der Waals surface area contributed by atoms with Crippen LogP contribution in [0, 0.1) is 0 Å². The number of hydrogen-bond acceptors (Lipinski definition) is 7. The number of aliphatic hydroxyl groups is 1. The molecule has 0 saturated carbocycles. The number of aliphatic carboxylic acids is 1. The zero-order valence-electron chi connectivity index (χ0n) is 16.6. The molecule has 2 atom stereocenters. The Morgan fingerprint density at radius 2 is 1.87 bits per heavy atom. The fourth-order valence-corrected chi connectivity index (χ4v) is 2.51. The van der Waals surface area contributed by atoms with Gasteiger partial charge in [-0.15, -0.1) is 0 Å². The highest BCUT2D eigenvalue weighted by atomic mass is 19.4. The van der Waals surface area contributed by atoms with Gasteiger partial charge in [-0.3, -0.25) is 4.79 Å². The molecule has 0 radical (unpaired) electrons. The summed E-state index contributed by atoms with van der Waals surface area (Å²) in [5.74, 6) is -1.73. The van der Waals surface area contributed by atoms with Crippen molar-refractivity contribution >= 4 is 5.97 Å². The standard InChI is InChI=1S/C19H21F3N2O7/c1-11(9-30-10-14(25)18(27)28)31-15-7-23-24(17(26)16(15)19(20,21)22)8-12-3-5-13(29-2)6-4-12/h3-7,11,14,25H,8-10H2,1-2H3,(H,27,28)/t11-,14?/m0/s1. The molecule has 0 aliphatic heterocycles. The van der Waals surface area contributed by atoms with Gasteiger partial charge in [0, 0.05) is 0 Å². The van der Waals surface area contributed by atoms with E-state index in [0.717, 1.165) is 6.20 Å². The van der Waals surface area contributed by atoms with Crippen LogP contribution in [0.15, 0.2) is 35.3 Å². The number of aliphatic hydroxyl groups excluding tert-OH is 1. The van der Waals surface area contributed by atoms with E-state index in [1.807, 2.05) is 0 Å². The van der Waals surface area contributed by atoms with Crippen molar-refractivity contribution in [3.8, 4) is 11.5 Å². The van der Waals surface area contributed by atoms with E-state index in [1.165, 1.54) is 14.0 Å². The Hall–Kier alpha value is -3.12. The molecule has 0 fully saturated rings. The Morgan fingerprint density at radius 3 is 2.42 bits per heavy atom. The Morgan fingerprint density at radius 1 is 1.23 bits per heavy atom. The monoisotopic (exact) mass is 446 g/mol. The topological polar surface area (TPSA) is 120 Å². The number of benzene rings is 1. The van der Waals surface area contributed by atoms with Crippen LogP contribution in [0.1, 0.15) is 18.1 Å². The second-order valence-electron chi connectivity index (χ2n) is 6.51. The van der Waals surface area contributed by atoms with E-state index in [-0.39, 0.29) is 13.2 Å². The van der Waals surface area contributed by atoms with Crippen LogP contribution >= 0.6 is 0 Å². The molecule has 1 unspecified atom stereocenters.